The molecule has 0 aliphatic heterocycles. The van der Waals surface area contributed by atoms with Crippen LogP contribution in [0.1, 0.15) is 64.9 Å². The van der Waals surface area contributed by atoms with E-state index in [0.717, 1.165) is 12.1 Å². The third-order valence-electron chi connectivity index (χ3n) is 3.94. The van der Waals surface area contributed by atoms with Crippen molar-refractivity contribution < 1.29 is 13.2 Å². The molecule has 1 aromatic carbocycles. The summed E-state index contributed by atoms with van der Waals surface area (Å²) in [5.41, 5.74) is -0.633. The summed E-state index contributed by atoms with van der Waals surface area (Å²) in [6, 6.07) is 6.95. The molecule has 0 nitrogen and oxygen atoms in total. The van der Waals surface area contributed by atoms with Crippen LogP contribution in [0.25, 0.3) is 0 Å². The molecule has 4 heteroatoms. The van der Waals surface area contributed by atoms with Crippen LogP contribution in [-0.4, -0.2) is 19.8 Å². The number of rotatable bonds is 9. The molecule has 1 radical (unpaired) electrons. The second-order valence-electron chi connectivity index (χ2n) is 6.08. The van der Waals surface area contributed by atoms with Gasteiger partial charge < -0.3 is 0 Å². The zero-order valence-corrected chi connectivity index (χ0v) is 18.2. The Morgan fingerprint density at radius 2 is 1.22 bits per heavy atom. The van der Waals surface area contributed by atoms with E-state index in [9.17, 15) is 13.2 Å². The molecule has 0 N–H and O–H groups in total. The monoisotopic (exact) mass is 437 g/mol. The third-order valence-corrected chi connectivity index (χ3v) is 14.4. The Morgan fingerprint density at radius 1 is 0.826 bits per heavy atom. The van der Waals surface area contributed by atoms with Crippen molar-refractivity contribution in [3.05, 3.63) is 35.9 Å². The minimum Gasteiger partial charge on any atom is -0.166 e. The fourth-order valence-electron chi connectivity index (χ4n) is 2.49. The van der Waals surface area contributed by atoms with Crippen molar-refractivity contribution >= 4 is 19.8 Å². The second-order valence-corrected chi connectivity index (χ2v) is 16.0. The molecule has 0 fully saturated rings. The van der Waals surface area contributed by atoms with Crippen LogP contribution in [0, 0.1) is 6.07 Å². The molecule has 0 unspecified atom stereocenters. The summed E-state index contributed by atoms with van der Waals surface area (Å²) in [6.07, 6.45) is 4.65. The van der Waals surface area contributed by atoms with E-state index in [1.807, 2.05) is 0 Å². The minimum atomic E-state index is -4.23. The SMILES string of the molecule is CCC[CH2][SnH]([CH2]CCC)[CH2]CCC.FC(F)(F)c1cc[c]cc1. The van der Waals surface area contributed by atoms with Gasteiger partial charge in [0.25, 0.3) is 0 Å². The van der Waals surface area contributed by atoms with Gasteiger partial charge in [0.2, 0.25) is 0 Å². The van der Waals surface area contributed by atoms with Gasteiger partial charge in [-0.1, -0.05) is 12.1 Å². The van der Waals surface area contributed by atoms with E-state index >= 15 is 0 Å². The van der Waals surface area contributed by atoms with Crippen molar-refractivity contribution in [2.75, 3.05) is 0 Å². The van der Waals surface area contributed by atoms with Gasteiger partial charge in [-0.2, -0.15) is 13.2 Å². The summed E-state index contributed by atoms with van der Waals surface area (Å²) < 4.78 is 40.4. The maximum Gasteiger partial charge on any atom is 0.416 e. The first kappa shape index (κ1) is 22.8. The van der Waals surface area contributed by atoms with E-state index in [1.54, 1.807) is 13.3 Å². The van der Waals surface area contributed by atoms with Crippen molar-refractivity contribution in [2.45, 2.75) is 78.8 Å². The summed E-state index contributed by atoms with van der Waals surface area (Å²) >= 11 is -0.967. The first-order valence-corrected chi connectivity index (χ1v) is 16.0. The maximum absolute atomic E-state index is 11.8. The van der Waals surface area contributed by atoms with Gasteiger partial charge in [-0.3, -0.25) is 0 Å². The number of benzene rings is 1. The molecule has 0 saturated carbocycles. The molecule has 23 heavy (non-hydrogen) atoms. The van der Waals surface area contributed by atoms with Gasteiger partial charge in [-0.15, -0.1) is 0 Å². The molecule has 0 aliphatic rings. The van der Waals surface area contributed by atoms with E-state index in [0.29, 0.717) is 0 Å². The van der Waals surface area contributed by atoms with Crippen molar-refractivity contribution in [3.63, 3.8) is 0 Å². The number of hydrogen-bond acceptors (Lipinski definition) is 0. The van der Waals surface area contributed by atoms with Crippen molar-refractivity contribution in [1.82, 2.24) is 0 Å². The summed E-state index contributed by atoms with van der Waals surface area (Å²) in [5.74, 6) is 0. The third kappa shape index (κ3) is 12.8. The summed E-state index contributed by atoms with van der Waals surface area (Å²) in [7, 11) is 0. The van der Waals surface area contributed by atoms with Crippen LogP contribution in [0.3, 0.4) is 0 Å². The quantitative estimate of drug-likeness (QED) is 0.362. The van der Waals surface area contributed by atoms with Crippen LogP contribution in [0.5, 0.6) is 0 Å². The maximum atomic E-state index is 11.8. The average molecular weight is 436 g/mol. The molecule has 1 rings (SSSR count). The van der Waals surface area contributed by atoms with Gasteiger partial charge in [0.05, 0.1) is 5.56 Å². The van der Waals surface area contributed by atoms with Crippen molar-refractivity contribution in [2.24, 2.45) is 0 Å². The number of halogens is 3. The molecule has 0 saturated heterocycles. The molecule has 133 valence electrons. The van der Waals surface area contributed by atoms with Gasteiger partial charge in [-0.05, 0) is 18.2 Å². The van der Waals surface area contributed by atoms with Crippen molar-refractivity contribution in [3.8, 4) is 0 Å². The van der Waals surface area contributed by atoms with Crippen LogP contribution < -0.4 is 0 Å². The number of unbranched alkanes of at least 4 members (excludes halogenated alkanes) is 3. The Morgan fingerprint density at radius 3 is 1.48 bits per heavy atom. The smallest absolute Gasteiger partial charge is 0.166 e. The molecule has 0 aliphatic carbocycles. The second kappa shape index (κ2) is 14.2. The molecule has 0 spiro atoms. The Kier molecular flexibility index (Phi) is 14.1. The Balaban J connectivity index is 0.000000433. The molecule has 0 bridgehead atoms. The normalized spacial score (nSPS) is 11.3. The predicted molar refractivity (Wildman–Crippen MR) is 96.6 cm³/mol. The fraction of sp³-hybridized carbons (Fsp3) is 0.684. The Labute approximate surface area is 147 Å². The molecule has 0 heterocycles. The molecule has 0 amide bonds. The summed E-state index contributed by atoms with van der Waals surface area (Å²) in [5, 5.41) is 0. The molecule has 0 atom stereocenters. The van der Waals surface area contributed by atoms with E-state index in [4.69, 9.17) is 0 Å². The van der Waals surface area contributed by atoms with Gasteiger partial charge in [0.15, 0.2) is 0 Å². The number of alkyl halides is 3. The Hall–Kier alpha value is -0.191. The van der Waals surface area contributed by atoms with E-state index in [-0.39, 0.29) is 0 Å². The van der Waals surface area contributed by atoms with Crippen LogP contribution in [-0.2, 0) is 6.18 Å². The predicted octanol–water partition coefficient (Wildman–Crippen LogP) is 7.12. The van der Waals surface area contributed by atoms with Gasteiger partial charge in [0.1, 0.15) is 0 Å². The van der Waals surface area contributed by atoms with Crippen molar-refractivity contribution in [1.29, 1.82) is 0 Å². The largest absolute Gasteiger partial charge is 0.416 e. The molecular formula is C19H32F3Sn. The zero-order chi connectivity index (χ0) is 17.6. The summed E-state index contributed by atoms with van der Waals surface area (Å²) in [6.45, 7) is 7.01. The average Bonchev–Trinajstić information content (AvgIpc) is 2.55. The van der Waals surface area contributed by atoms with E-state index in [2.05, 4.69) is 26.8 Å². The van der Waals surface area contributed by atoms with E-state index in [1.165, 1.54) is 50.7 Å². The van der Waals surface area contributed by atoms with Gasteiger partial charge in [0, 0.05) is 0 Å². The van der Waals surface area contributed by atoms with Crippen LogP contribution in [0.2, 0.25) is 13.3 Å². The molecule has 0 aromatic heterocycles. The topological polar surface area (TPSA) is 0 Å². The zero-order valence-electron chi connectivity index (χ0n) is 14.9. The van der Waals surface area contributed by atoms with Gasteiger partial charge in [-0.25, -0.2) is 0 Å². The molecule has 1 aromatic rings. The summed E-state index contributed by atoms with van der Waals surface area (Å²) in [4.78, 5) is 0. The fourth-order valence-corrected chi connectivity index (χ4v) is 13.4. The standard InChI is InChI=1S/C7H4F3.3C4H9.Sn.H/c8-7(9,10)6-4-2-1-3-5-6;3*1-3-4-2;;/h2-5H;3*1,3-4H2,2H3;;. The van der Waals surface area contributed by atoms with E-state index < -0.39 is 31.5 Å². The van der Waals surface area contributed by atoms with Crippen LogP contribution in [0.4, 0.5) is 13.2 Å². The Bertz CT molecular complexity index is 344. The minimum absolute atomic E-state index is 0.633. The van der Waals surface area contributed by atoms with Crippen LogP contribution in [0.15, 0.2) is 24.3 Å². The van der Waals surface area contributed by atoms with Crippen LogP contribution >= 0.6 is 0 Å². The van der Waals surface area contributed by atoms with Gasteiger partial charge >= 0.3 is 98.5 Å². The first-order valence-electron chi connectivity index (χ1n) is 8.98. The first-order chi connectivity index (χ1) is 11.0. The number of hydrogen-bond donors (Lipinski definition) is 0. The molecular weight excluding hydrogens is 404 g/mol.